The fourth-order valence-corrected chi connectivity index (χ4v) is 3.71. The van der Waals surface area contributed by atoms with Crippen LogP contribution in [-0.2, 0) is 15.0 Å². The van der Waals surface area contributed by atoms with Crippen LogP contribution >= 0.6 is 0 Å². The number of carboxylic acid groups (broad SMARTS) is 2. The normalized spacial score (nSPS) is 25.1. The van der Waals surface area contributed by atoms with Gasteiger partial charge in [0.05, 0.1) is 6.17 Å². The van der Waals surface area contributed by atoms with E-state index in [1.54, 1.807) is 6.07 Å². The molecule has 1 aromatic rings. The lowest BCUT2D eigenvalue weighted by molar-refractivity contribution is -0.134. The Labute approximate surface area is 140 Å². The number of likely N-dealkylation sites (N-methyl/N-ethyl adjacent to an activating group) is 2. The Bertz CT molecular complexity index is 672. The molecule has 24 heavy (non-hydrogen) atoms. The SMILES string of the molecule is CN1CC[C@@]2(C)c3cc(O)ccc3N(C)C12.O=C(O)C=CC(=O)O. The van der Waals surface area contributed by atoms with E-state index in [1.165, 1.54) is 11.3 Å². The van der Waals surface area contributed by atoms with Crippen LogP contribution in [0.4, 0.5) is 5.69 Å². The number of hydrogen-bond donors (Lipinski definition) is 3. The predicted octanol–water partition coefficient (Wildman–Crippen LogP) is 1.47. The second-order valence-electron chi connectivity index (χ2n) is 6.34. The molecule has 1 unspecified atom stereocenters. The van der Waals surface area contributed by atoms with Crippen molar-refractivity contribution >= 4 is 17.6 Å². The number of benzene rings is 1. The largest absolute Gasteiger partial charge is 0.508 e. The zero-order chi connectivity index (χ0) is 18.1. The van der Waals surface area contributed by atoms with Gasteiger partial charge in [-0.3, -0.25) is 4.90 Å². The van der Waals surface area contributed by atoms with Gasteiger partial charge in [-0.2, -0.15) is 0 Å². The number of carbonyl (C=O) groups is 2. The Morgan fingerprint density at radius 3 is 2.33 bits per heavy atom. The highest BCUT2D eigenvalue weighted by Gasteiger charge is 2.52. The predicted molar refractivity (Wildman–Crippen MR) is 89.3 cm³/mol. The molecule has 0 aliphatic carbocycles. The van der Waals surface area contributed by atoms with Gasteiger partial charge in [0.1, 0.15) is 5.75 Å². The van der Waals surface area contributed by atoms with Crippen LogP contribution in [0, 0.1) is 0 Å². The summed E-state index contributed by atoms with van der Waals surface area (Å²) < 4.78 is 0. The summed E-state index contributed by atoms with van der Waals surface area (Å²) in [7, 11) is 4.33. The van der Waals surface area contributed by atoms with Gasteiger partial charge in [-0.1, -0.05) is 6.92 Å². The van der Waals surface area contributed by atoms with Gasteiger partial charge >= 0.3 is 11.9 Å². The maximum Gasteiger partial charge on any atom is 0.328 e. The molecule has 0 amide bonds. The fourth-order valence-electron chi connectivity index (χ4n) is 3.71. The van der Waals surface area contributed by atoms with Crippen molar-refractivity contribution in [2.45, 2.75) is 24.9 Å². The lowest BCUT2D eigenvalue weighted by atomic mass is 9.81. The third kappa shape index (κ3) is 3.21. The Morgan fingerprint density at radius 2 is 1.79 bits per heavy atom. The monoisotopic (exact) mass is 334 g/mol. The van der Waals surface area contributed by atoms with E-state index in [-0.39, 0.29) is 5.41 Å². The number of likely N-dealkylation sites (tertiary alicyclic amines) is 1. The minimum atomic E-state index is -1.26. The quantitative estimate of drug-likeness (QED) is 0.704. The van der Waals surface area contributed by atoms with Crippen LogP contribution in [0.25, 0.3) is 0 Å². The van der Waals surface area contributed by atoms with Crippen molar-refractivity contribution in [2.24, 2.45) is 0 Å². The molecule has 2 aliphatic rings. The van der Waals surface area contributed by atoms with Gasteiger partial charge in [0.2, 0.25) is 0 Å². The molecule has 2 heterocycles. The number of rotatable bonds is 2. The second-order valence-corrected chi connectivity index (χ2v) is 6.34. The van der Waals surface area contributed by atoms with Crippen molar-refractivity contribution in [3.8, 4) is 5.75 Å². The van der Waals surface area contributed by atoms with Crippen molar-refractivity contribution < 1.29 is 24.9 Å². The van der Waals surface area contributed by atoms with Crippen LogP contribution in [0.5, 0.6) is 5.75 Å². The first kappa shape index (κ1) is 17.8. The molecule has 0 spiro atoms. The third-order valence-electron chi connectivity index (χ3n) is 4.68. The molecule has 1 fully saturated rings. The summed E-state index contributed by atoms with van der Waals surface area (Å²) in [6.45, 7) is 3.43. The first-order valence-corrected chi connectivity index (χ1v) is 7.57. The summed E-state index contributed by atoms with van der Waals surface area (Å²) in [5.41, 5.74) is 2.72. The van der Waals surface area contributed by atoms with Crippen LogP contribution in [-0.4, -0.2) is 59.0 Å². The van der Waals surface area contributed by atoms with E-state index in [9.17, 15) is 14.7 Å². The van der Waals surface area contributed by atoms with E-state index in [1.807, 2.05) is 12.1 Å². The third-order valence-corrected chi connectivity index (χ3v) is 4.68. The highest BCUT2D eigenvalue weighted by atomic mass is 16.4. The van der Waals surface area contributed by atoms with Crippen LogP contribution in [0.2, 0.25) is 0 Å². The fraction of sp³-hybridized carbons (Fsp3) is 0.412. The Balaban J connectivity index is 0.000000224. The molecule has 0 bridgehead atoms. The van der Waals surface area contributed by atoms with E-state index in [2.05, 4.69) is 30.8 Å². The topological polar surface area (TPSA) is 101 Å². The van der Waals surface area contributed by atoms with E-state index in [0.717, 1.165) is 13.0 Å². The number of carboxylic acids is 2. The minimum absolute atomic E-state index is 0.164. The van der Waals surface area contributed by atoms with Crippen molar-refractivity contribution in [1.82, 2.24) is 4.90 Å². The van der Waals surface area contributed by atoms with E-state index < -0.39 is 11.9 Å². The van der Waals surface area contributed by atoms with Gasteiger partial charge < -0.3 is 20.2 Å². The number of aliphatic carboxylic acids is 2. The van der Waals surface area contributed by atoms with Gasteiger partial charge in [-0.25, -0.2) is 9.59 Å². The number of hydrogen-bond acceptors (Lipinski definition) is 5. The molecule has 3 N–H and O–H groups in total. The molecule has 1 saturated heterocycles. The minimum Gasteiger partial charge on any atom is -0.508 e. The van der Waals surface area contributed by atoms with Gasteiger partial charge in [0, 0.05) is 36.8 Å². The molecule has 7 nitrogen and oxygen atoms in total. The summed E-state index contributed by atoms with van der Waals surface area (Å²) in [6, 6.07) is 5.74. The first-order chi connectivity index (χ1) is 11.2. The van der Waals surface area contributed by atoms with Crippen molar-refractivity contribution in [3.05, 3.63) is 35.9 Å². The Kier molecular flexibility index (Phi) is 4.84. The smallest absolute Gasteiger partial charge is 0.328 e. The Hall–Kier alpha value is -2.54. The second kappa shape index (κ2) is 6.52. The summed E-state index contributed by atoms with van der Waals surface area (Å²) in [4.78, 5) is 23.8. The molecule has 0 saturated carbocycles. The molecule has 0 radical (unpaired) electrons. The van der Waals surface area contributed by atoms with Gasteiger partial charge in [0.25, 0.3) is 0 Å². The number of anilines is 1. The maximum absolute atomic E-state index is 9.65. The van der Waals surface area contributed by atoms with Crippen LogP contribution in [0.1, 0.15) is 18.9 Å². The average molecular weight is 334 g/mol. The number of phenolic OH excluding ortho intramolecular Hbond substituents is 1. The zero-order valence-electron chi connectivity index (χ0n) is 13.9. The lowest BCUT2D eigenvalue weighted by Gasteiger charge is -2.32. The molecule has 2 aliphatic heterocycles. The van der Waals surface area contributed by atoms with Crippen molar-refractivity contribution in [3.63, 3.8) is 0 Å². The molecular formula is C17H22N2O5. The number of nitrogens with zero attached hydrogens (tertiary/aromatic N) is 2. The van der Waals surface area contributed by atoms with E-state index in [4.69, 9.17) is 10.2 Å². The van der Waals surface area contributed by atoms with Crippen molar-refractivity contribution in [1.29, 1.82) is 0 Å². The van der Waals surface area contributed by atoms with E-state index >= 15 is 0 Å². The zero-order valence-corrected chi connectivity index (χ0v) is 13.9. The molecule has 7 heteroatoms. The van der Waals surface area contributed by atoms with Gasteiger partial charge in [0.15, 0.2) is 0 Å². The molecule has 130 valence electrons. The molecule has 3 rings (SSSR count). The lowest BCUT2D eigenvalue weighted by Crippen LogP contribution is -2.45. The van der Waals surface area contributed by atoms with Crippen LogP contribution in [0.15, 0.2) is 30.4 Å². The maximum atomic E-state index is 9.65. The summed E-state index contributed by atoms with van der Waals surface area (Å²) in [5.74, 6) is -2.14. The summed E-state index contributed by atoms with van der Waals surface area (Å²) in [5, 5.41) is 25.3. The Morgan fingerprint density at radius 1 is 1.21 bits per heavy atom. The summed E-state index contributed by atoms with van der Waals surface area (Å²) in [6.07, 6.45) is 2.71. The van der Waals surface area contributed by atoms with Gasteiger partial charge in [-0.05, 0) is 37.2 Å². The van der Waals surface area contributed by atoms with Crippen LogP contribution < -0.4 is 4.90 Å². The number of phenols is 1. The van der Waals surface area contributed by atoms with E-state index in [0.29, 0.717) is 24.1 Å². The molecule has 2 atom stereocenters. The number of aromatic hydroxyl groups is 1. The van der Waals surface area contributed by atoms with Crippen molar-refractivity contribution in [2.75, 3.05) is 25.5 Å². The molecular weight excluding hydrogens is 312 g/mol. The number of fused-ring (bicyclic) bond motifs is 3. The summed E-state index contributed by atoms with van der Waals surface area (Å²) >= 11 is 0. The average Bonchev–Trinajstić information content (AvgIpc) is 2.92. The highest BCUT2D eigenvalue weighted by Crippen LogP contribution is 2.51. The highest BCUT2D eigenvalue weighted by molar-refractivity contribution is 5.89. The molecule has 1 aromatic carbocycles. The van der Waals surface area contributed by atoms with Crippen LogP contribution in [0.3, 0.4) is 0 Å². The standard InChI is InChI=1S/C13H18N2O.C4H4O4/c1-13-6-7-14(2)12(13)15(3)11-5-4-9(16)8-10(11)13;5-3(6)1-2-4(7)8/h4-5,8,12,16H,6-7H2,1-3H3;1-2H,(H,5,6)(H,7,8)/t12?,13-;/m0./s1. The molecule has 0 aromatic heterocycles. The first-order valence-electron chi connectivity index (χ1n) is 7.57. The van der Waals surface area contributed by atoms with Gasteiger partial charge in [-0.15, -0.1) is 0 Å².